The number of aryl methyl sites for hydroxylation is 1. The summed E-state index contributed by atoms with van der Waals surface area (Å²) in [5, 5.41) is 0. The van der Waals surface area contributed by atoms with Crippen molar-refractivity contribution in [3.05, 3.63) is 53.6 Å². The topological polar surface area (TPSA) is 0 Å². The van der Waals surface area contributed by atoms with Crippen LogP contribution in [0.15, 0.2) is 42.5 Å². The van der Waals surface area contributed by atoms with Crippen LogP contribution >= 0.6 is 0 Å². The zero-order valence-corrected chi connectivity index (χ0v) is 20.6. The number of benzene rings is 1. The highest BCUT2D eigenvalue weighted by atomic mass is 14.3. The van der Waals surface area contributed by atoms with Crippen molar-refractivity contribution in [2.75, 3.05) is 0 Å². The van der Waals surface area contributed by atoms with Crippen LogP contribution in [-0.2, 0) is 6.42 Å². The summed E-state index contributed by atoms with van der Waals surface area (Å²) >= 11 is 0. The molecular formula is C31H48. The van der Waals surface area contributed by atoms with E-state index in [1.54, 1.807) is 0 Å². The fourth-order valence-electron chi connectivity index (χ4n) is 5.84. The minimum atomic E-state index is 0.785. The molecule has 0 nitrogen and oxygen atoms in total. The van der Waals surface area contributed by atoms with Crippen molar-refractivity contribution in [3.8, 4) is 0 Å². The summed E-state index contributed by atoms with van der Waals surface area (Å²) in [6.45, 7) is 4.63. The molecule has 0 aromatic heterocycles. The van der Waals surface area contributed by atoms with Gasteiger partial charge in [0.1, 0.15) is 0 Å². The SMILES string of the molecule is CCCCCCCCCCc1ccc(C2=CCC([C@H]3CC[C@H](CCC)CC3)C=C2)cc1. The van der Waals surface area contributed by atoms with Crippen LogP contribution < -0.4 is 0 Å². The molecule has 0 aliphatic heterocycles. The van der Waals surface area contributed by atoms with Crippen molar-refractivity contribution < 1.29 is 0 Å². The average Bonchev–Trinajstić information content (AvgIpc) is 2.82. The van der Waals surface area contributed by atoms with Gasteiger partial charge in [-0.05, 0) is 66.6 Å². The molecule has 1 aromatic rings. The maximum absolute atomic E-state index is 2.54. The molecule has 3 rings (SSSR count). The Morgan fingerprint density at radius 2 is 1.42 bits per heavy atom. The van der Waals surface area contributed by atoms with Crippen LogP contribution in [0.1, 0.15) is 121 Å². The first-order valence-electron chi connectivity index (χ1n) is 13.8. The lowest BCUT2D eigenvalue weighted by atomic mass is 9.72. The molecule has 1 saturated carbocycles. The van der Waals surface area contributed by atoms with E-state index >= 15 is 0 Å². The summed E-state index contributed by atoms with van der Waals surface area (Å²) in [6, 6.07) is 9.44. The molecule has 1 unspecified atom stereocenters. The zero-order valence-electron chi connectivity index (χ0n) is 20.6. The molecule has 0 heterocycles. The van der Waals surface area contributed by atoms with Gasteiger partial charge in [-0.2, -0.15) is 0 Å². The van der Waals surface area contributed by atoms with E-state index in [1.165, 1.54) is 119 Å². The molecule has 172 valence electrons. The first-order valence-corrected chi connectivity index (χ1v) is 13.8. The fourth-order valence-corrected chi connectivity index (χ4v) is 5.84. The van der Waals surface area contributed by atoms with E-state index in [0.29, 0.717) is 0 Å². The van der Waals surface area contributed by atoms with Gasteiger partial charge >= 0.3 is 0 Å². The van der Waals surface area contributed by atoms with Crippen molar-refractivity contribution in [1.82, 2.24) is 0 Å². The standard InChI is InChI=1S/C31H48/c1-3-5-6-7-8-9-10-11-13-27-16-20-29(21-17-27)31-24-22-30(23-25-31)28-18-14-26(12-4-2)15-19-28/h16-17,20-22,24-26,28,30H,3-15,18-19,23H2,1-2H3/t26-,28-,30?. The number of hydrogen-bond donors (Lipinski definition) is 0. The minimum Gasteiger partial charge on any atom is -0.0802 e. The Hall–Kier alpha value is -1.30. The Morgan fingerprint density at radius 1 is 0.742 bits per heavy atom. The fraction of sp³-hybridized carbons (Fsp3) is 0.677. The molecule has 1 aromatic carbocycles. The quantitative estimate of drug-likeness (QED) is 0.278. The first kappa shape index (κ1) is 24.3. The number of unbranched alkanes of at least 4 members (excludes halogenated alkanes) is 7. The van der Waals surface area contributed by atoms with Crippen molar-refractivity contribution in [1.29, 1.82) is 0 Å². The van der Waals surface area contributed by atoms with E-state index in [0.717, 1.165) is 17.8 Å². The summed E-state index contributed by atoms with van der Waals surface area (Å²) in [6.07, 6.45) is 29.8. The smallest absolute Gasteiger partial charge is 0.0167 e. The van der Waals surface area contributed by atoms with Gasteiger partial charge in [0.15, 0.2) is 0 Å². The molecule has 0 saturated heterocycles. The van der Waals surface area contributed by atoms with Crippen LogP contribution in [-0.4, -0.2) is 0 Å². The van der Waals surface area contributed by atoms with E-state index in [4.69, 9.17) is 0 Å². The van der Waals surface area contributed by atoms with Crippen LogP contribution in [0.3, 0.4) is 0 Å². The molecule has 0 radical (unpaired) electrons. The monoisotopic (exact) mass is 420 g/mol. The predicted octanol–water partition coefficient (Wildman–Crippen LogP) is 9.94. The molecule has 1 fully saturated rings. The summed E-state index contributed by atoms with van der Waals surface area (Å²) in [4.78, 5) is 0. The molecule has 0 N–H and O–H groups in total. The summed E-state index contributed by atoms with van der Waals surface area (Å²) < 4.78 is 0. The van der Waals surface area contributed by atoms with E-state index in [2.05, 4.69) is 56.3 Å². The van der Waals surface area contributed by atoms with Crippen LogP contribution in [0.25, 0.3) is 5.57 Å². The number of hydrogen-bond acceptors (Lipinski definition) is 0. The van der Waals surface area contributed by atoms with E-state index < -0.39 is 0 Å². The van der Waals surface area contributed by atoms with Gasteiger partial charge in [0.2, 0.25) is 0 Å². The normalized spacial score (nSPS) is 23.7. The van der Waals surface area contributed by atoms with Gasteiger partial charge in [-0.25, -0.2) is 0 Å². The third-order valence-electron chi connectivity index (χ3n) is 7.93. The Labute approximate surface area is 193 Å². The third kappa shape index (κ3) is 8.28. The Kier molecular flexibility index (Phi) is 11.0. The molecular weight excluding hydrogens is 372 g/mol. The lowest BCUT2D eigenvalue weighted by Gasteiger charge is -2.33. The first-order chi connectivity index (χ1) is 15.3. The van der Waals surface area contributed by atoms with Gasteiger partial charge in [-0.1, -0.05) is 127 Å². The Bertz CT molecular complexity index is 654. The van der Waals surface area contributed by atoms with Gasteiger partial charge < -0.3 is 0 Å². The average molecular weight is 421 g/mol. The van der Waals surface area contributed by atoms with Crippen LogP contribution in [0, 0.1) is 17.8 Å². The summed E-state index contributed by atoms with van der Waals surface area (Å²) in [7, 11) is 0. The van der Waals surface area contributed by atoms with E-state index in [1.807, 2.05) is 0 Å². The molecule has 31 heavy (non-hydrogen) atoms. The van der Waals surface area contributed by atoms with Crippen molar-refractivity contribution >= 4 is 5.57 Å². The molecule has 1 atom stereocenters. The molecule has 2 aliphatic rings. The highest BCUT2D eigenvalue weighted by Crippen LogP contribution is 2.39. The van der Waals surface area contributed by atoms with Crippen molar-refractivity contribution in [2.45, 2.75) is 117 Å². The van der Waals surface area contributed by atoms with Crippen LogP contribution in [0.4, 0.5) is 0 Å². The van der Waals surface area contributed by atoms with Gasteiger partial charge in [0, 0.05) is 0 Å². The summed E-state index contributed by atoms with van der Waals surface area (Å²) in [5.74, 6) is 2.73. The number of rotatable bonds is 13. The third-order valence-corrected chi connectivity index (χ3v) is 7.93. The predicted molar refractivity (Wildman–Crippen MR) is 138 cm³/mol. The zero-order chi connectivity index (χ0) is 21.7. The lowest BCUT2D eigenvalue weighted by Crippen LogP contribution is -2.21. The largest absolute Gasteiger partial charge is 0.0802 e. The summed E-state index contributed by atoms with van der Waals surface area (Å²) in [5.41, 5.74) is 4.35. The molecule has 2 aliphatic carbocycles. The highest BCUT2D eigenvalue weighted by molar-refractivity contribution is 5.75. The Balaban J connectivity index is 1.35. The Morgan fingerprint density at radius 3 is 2.03 bits per heavy atom. The van der Waals surface area contributed by atoms with E-state index in [9.17, 15) is 0 Å². The van der Waals surface area contributed by atoms with Gasteiger partial charge in [0.05, 0.1) is 0 Å². The lowest BCUT2D eigenvalue weighted by molar-refractivity contribution is 0.221. The highest BCUT2D eigenvalue weighted by Gasteiger charge is 2.26. The second-order valence-electron chi connectivity index (χ2n) is 10.4. The molecule has 0 bridgehead atoms. The van der Waals surface area contributed by atoms with Gasteiger partial charge in [-0.15, -0.1) is 0 Å². The van der Waals surface area contributed by atoms with Gasteiger partial charge in [0.25, 0.3) is 0 Å². The minimum absolute atomic E-state index is 0.785. The second-order valence-corrected chi connectivity index (χ2v) is 10.4. The molecule has 0 amide bonds. The number of allylic oxidation sites excluding steroid dienone is 4. The molecule has 0 spiro atoms. The van der Waals surface area contributed by atoms with Crippen molar-refractivity contribution in [2.24, 2.45) is 17.8 Å². The van der Waals surface area contributed by atoms with Gasteiger partial charge in [-0.3, -0.25) is 0 Å². The van der Waals surface area contributed by atoms with E-state index in [-0.39, 0.29) is 0 Å². The second kappa shape index (κ2) is 14.0. The molecule has 0 heteroatoms. The van der Waals surface area contributed by atoms with Crippen LogP contribution in [0.5, 0.6) is 0 Å². The van der Waals surface area contributed by atoms with Crippen LogP contribution in [0.2, 0.25) is 0 Å². The maximum Gasteiger partial charge on any atom is -0.0167 e. The van der Waals surface area contributed by atoms with Crippen molar-refractivity contribution in [3.63, 3.8) is 0 Å². The maximum atomic E-state index is 2.54.